The van der Waals surface area contributed by atoms with Gasteiger partial charge in [-0.3, -0.25) is 4.79 Å². The zero-order valence-corrected chi connectivity index (χ0v) is 69.7. The number of aliphatic hydroxyl groups is 1. The molecule has 0 aliphatic heterocycles. The zero-order chi connectivity index (χ0) is 69.8. The molecule has 0 radical (unpaired) electrons. The van der Waals surface area contributed by atoms with Crippen LogP contribution in [0, 0.1) is 0 Å². The van der Waals surface area contributed by atoms with Gasteiger partial charge in [-0.25, -0.2) is 0 Å². The lowest BCUT2D eigenvalue weighted by Crippen LogP contribution is -2.17. The highest BCUT2D eigenvalue weighted by Gasteiger charge is 2.29. The molecule has 94 heavy (non-hydrogen) atoms. The number of aryl methyl sites for hydroxylation is 4. The molecule has 0 atom stereocenters. The Labute approximate surface area is 633 Å². The predicted octanol–water partition coefficient (Wildman–Crippen LogP) is 29.2. The summed E-state index contributed by atoms with van der Waals surface area (Å²) in [5.41, 5.74) is 11.8. The Morgan fingerprint density at radius 2 is 0.840 bits per heavy atom. The van der Waals surface area contributed by atoms with Crippen LogP contribution in [0.2, 0.25) is 0 Å². The third-order valence-electron chi connectivity index (χ3n) is 16.2. The molecule has 9 rings (SSSR count). The van der Waals surface area contributed by atoms with Crippen LogP contribution < -0.4 is 0 Å². The van der Waals surface area contributed by atoms with Gasteiger partial charge in [0, 0.05) is 51.1 Å². The summed E-state index contributed by atoms with van der Waals surface area (Å²) >= 11 is 24.2. The molecule has 516 valence electrons. The van der Waals surface area contributed by atoms with E-state index in [9.17, 15) is 14.7 Å². The fourth-order valence-corrected chi connectivity index (χ4v) is 13.7. The Balaban J connectivity index is 0.00000109. The van der Waals surface area contributed by atoms with Gasteiger partial charge in [0.1, 0.15) is 6.29 Å². The molecule has 7 aromatic carbocycles. The maximum Gasteiger partial charge on any atom is 1.00 e. The molecule has 0 fully saturated rings. The first kappa shape index (κ1) is 87.0. The van der Waals surface area contributed by atoms with Crippen LogP contribution in [0.1, 0.15) is 249 Å². The van der Waals surface area contributed by atoms with Gasteiger partial charge in [0.25, 0.3) is 0 Å². The number of allylic oxidation sites excluding steroid dienone is 2. The minimum absolute atomic E-state index is 0. The van der Waals surface area contributed by atoms with E-state index in [0.29, 0.717) is 18.3 Å². The third kappa shape index (κ3) is 40.1. The summed E-state index contributed by atoms with van der Waals surface area (Å²) in [6, 6.07) is 54.5. The van der Waals surface area contributed by atoms with Crippen molar-refractivity contribution in [2.75, 3.05) is 0 Å². The van der Waals surface area contributed by atoms with Crippen molar-refractivity contribution in [2.24, 2.45) is 0 Å². The molecule has 3 nitrogen and oxygen atoms in total. The molecule has 2 aliphatic rings. The van der Waals surface area contributed by atoms with Crippen LogP contribution in [0.25, 0.3) is 0 Å². The first-order chi connectivity index (χ1) is 44.8. The average molecular weight is 1730 g/mol. The maximum absolute atomic E-state index is 11.9. The van der Waals surface area contributed by atoms with Crippen LogP contribution >= 0.6 is 112 Å². The first-order valence-electron chi connectivity index (χ1n) is 34.4. The number of fused-ring (bicyclic) bond motifs is 2. The number of benzene rings is 7. The van der Waals surface area contributed by atoms with Crippen molar-refractivity contribution in [1.82, 2.24) is 0 Å². The highest BCUT2D eigenvalue weighted by molar-refractivity contribution is 9.11. The van der Waals surface area contributed by atoms with Crippen LogP contribution in [-0.2, 0) is 54.1 Å². The molecule has 10 heteroatoms. The predicted molar refractivity (Wildman–Crippen MR) is 438 cm³/mol. The summed E-state index contributed by atoms with van der Waals surface area (Å²) in [4.78, 5) is 22.0. The molecule has 7 aromatic rings. The largest absolute Gasteiger partial charge is 1.00 e. The Bertz CT molecular complexity index is 3190. The fourth-order valence-electron chi connectivity index (χ4n) is 10.7. The van der Waals surface area contributed by atoms with Crippen LogP contribution in [0.4, 0.5) is 0 Å². The molecule has 0 heterocycles. The quantitative estimate of drug-likeness (QED) is 0.0380. The summed E-state index contributed by atoms with van der Waals surface area (Å²) in [6.07, 6.45) is 33.2. The number of hydrogen-bond donors (Lipinski definition) is 1. The van der Waals surface area contributed by atoms with Crippen LogP contribution in [0.5, 0.6) is 0 Å². The van der Waals surface area contributed by atoms with Gasteiger partial charge in [-0.05, 0) is 244 Å². The Kier molecular flexibility index (Phi) is 46.6. The van der Waals surface area contributed by atoms with Gasteiger partial charge in [0.2, 0.25) is 0 Å². The molecule has 0 unspecified atom stereocenters. The number of rotatable bonds is 19. The molecule has 2 aliphatic carbocycles. The highest BCUT2D eigenvalue weighted by Crippen LogP contribution is 2.38. The van der Waals surface area contributed by atoms with Crippen molar-refractivity contribution in [3.63, 3.8) is 0 Å². The van der Waals surface area contributed by atoms with Crippen molar-refractivity contribution in [3.05, 3.63) is 251 Å². The van der Waals surface area contributed by atoms with Crippen molar-refractivity contribution in [3.8, 4) is 0 Å². The van der Waals surface area contributed by atoms with Gasteiger partial charge < -0.3 is 9.90 Å². The molecule has 0 saturated heterocycles. The number of halogens is 7. The second-order valence-electron chi connectivity index (χ2n) is 26.3. The summed E-state index contributed by atoms with van der Waals surface area (Å²) in [5.74, 6) is 0.289. The van der Waals surface area contributed by atoms with E-state index in [1.54, 1.807) is 11.1 Å². The van der Waals surface area contributed by atoms with Gasteiger partial charge in [-0.2, -0.15) is 0 Å². The molecule has 0 aromatic heterocycles. The van der Waals surface area contributed by atoms with Crippen LogP contribution in [-0.4, -0.2) is 22.8 Å². The molecule has 1 N–H and O–H groups in total. The average Bonchev–Trinajstić information content (AvgIpc) is 1.52. The van der Waals surface area contributed by atoms with E-state index in [4.69, 9.17) is 0 Å². The first-order valence-corrected chi connectivity index (χ1v) is 40.0. The SMILES string of the molecule is CC(C)(O)CCCCc1cccc(Br)c1.CC/C=C\Cc1cccc(Br)c1.CC1(C)CCCC(=O)c2cc(Br)ccc21.CC1(C)CCCCc2cc(Br)ccc21.CCCC.CCCCCc1cccc(Br)c1.CCCCCc1cccc(Br)c1.O=CCc1cccc(Br)c1.[H+].[HH]. The zero-order valence-electron chi connectivity index (χ0n) is 59.6. The summed E-state index contributed by atoms with van der Waals surface area (Å²) in [5, 5.41) is 9.55. The lowest BCUT2D eigenvalue weighted by atomic mass is 9.80. The van der Waals surface area contributed by atoms with E-state index in [1.807, 2.05) is 62.4 Å². The van der Waals surface area contributed by atoms with Gasteiger partial charge in [-0.15, -0.1) is 0 Å². The van der Waals surface area contributed by atoms with E-state index >= 15 is 0 Å². The van der Waals surface area contributed by atoms with E-state index in [-0.39, 0.29) is 14.1 Å². The molecular weight excluding hydrogens is 1620 g/mol. The number of carbonyl (C=O) groups excluding carboxylic acids is 2. The van der Waals surface area contributed by atoms with Gasteiger partial charge in [0.15, 0.2) is 5.78 Å². The monoisotopic (exact) mass is 1720 g/mol. The Hall–Kier alpha value is -3.06. The summed E-state index contributed by atoms with van der Waals surface area (Å²) in [7, 11) is 0. The number of hydrogen-bond acceptors (Lipinski definition) is 3. The van der Waals surface area contributed by atoms with Crippen LogP contribution in [0.3, 0.4) is 0 Å². The van der Waals surface area contributed by atoms with E-state index < -0.39 is 5.60 Å². The maximum atomic E-state index is 11.9. The van der Waals surface area contributed by atoms with Gasteiger partial charge in [0.05, 0.1) is 5.60 Å². The second-order valence-corrected chi connectivity index (χ2v) is 32.7. The third-order valence-corrected chi connectivity index (χ3v) is 19.6. The molecule has 0 amide bonds. The Morgan fingerprint density at radius 1 is 0.447 bits per heavy atom. The number of aldehydes is 1. The van der Waals surface area contributed by atoms with E-state index in [2.05, 4.69) is 295 Å². The van der Waals surface area contributed by atoms with Crippen LogP contribution in [0.15, 0.2) is 201 Å². The van der Waals surface area contributed by atoms with Crippen molar-refractivity contribution in [1.29, 1.82) is 0 Å². The number of ketones is 1. The highest BCUT2D eigenvalue weighted by atomic mass is 79.9. The van der Waals surface area contributed by atoms with Gasteiger partial charge in [-0.1, -0.05) is 310 Å². The minimum Gasteiger partial charge on any atom is -0.390 e. The Morgan fingerprint density at radius 3 is 1.27 bits per heavy atom. The topological polar surface area (TPSA) is 54.4 Å². The number of Topliss-reactive ketones (excluding diaryl/α,β-unsaturated/α-hetero) is 1. The minimum atomic E-state index is -0.517. The standard InChI is InChI=1S/C13H15BrO.C13H19BrO.C13H17Br.2C11H15Br.C11H13Br.C8H7BrO.C4H10.H2/c1-13(2)7-3-4-12(15)10-8-9(14)5-6-11(10)13;1-13(2,15)9-4-3-6-11-7-5-8-12(14)10-11;1-13(2)8-4-3-5-10-9-11(14)6-7-12(10)13;3*1-2-3-4-6-10-7-5-8-11(12)9-10;9-8-3-1-2-7(6-8)4-5-10;1-3-4-2;/h5-6,8H,3-4,7H2,1-2H3;5,7-8,10,15H,3-4,6,9H2,1-2H3;6-7,9H,3-5,8H2,1-2H3;2*5,7-9H,2-4,6H2,1H3;3-5,7-9H,2,6H2,1H3;1-3,5-6H,4H2;3-4H2,1-2H3;1H/p+1/b;;;;;4-3-;;;. The number of carbonyl (C=O) groups is 2. The second kappa shape index (κ2) is 50.3. The summed E-state index contributed by atoms with van der Waals surface area (Å²) < 4.78 is 7.91. The van der Waals surface area contributed by atoms with E-state index in [1.165, 1.54) is 131 Å². The normalized spacial score (nSPS) is 13.2. The lowest BCUT2D eigenvalue weighted by molar-refractivity contribution is -0.107. The smallest absolute Gasteiger partial charge is 0.390 e. The molecule has 0 spiro atoms. The van der Waals surface area contributed by atoms with Crippen molar-refractivity contribution < 1.29 is 17.5 Å². The summed E-state index contributed by atoms with van der Waals surface area (Å²) in [6.45, 7) is 23.9. The molecule has 0 bridgehead atoms. The van der Waals surface area contributed by atoms with Crippen molar-refractivity contribution in [2.45, 2.75) is 247 Å². The van der Waals surface area contributed by atoms with Gasteiger partial charge >= 0.3 is 1.43 Å². The molecular formula is C84H114Br7O3+. The van der Waals surface area contributed by atoms with Crippen molar-refractivity contribution >= 4 is 124 Å². The fraction of sp³-hybridized carbons (Fsp3) is 0.452. The number of unbranched alkanes of at least 4 members (excludes halogenated alkanes) is 6. The molecule has 0 saturated carbocycles. The van der Waals surface area contributed by atoms with E-state index in [0.717, 1.165) is 86.7 Å². The lowest BCUT2D eigenvalue weighted by Gasteiger charge is -2.25.